The van der Waals surface area contributed by atoms with Crippen LogP contribution in [0.5, 0.6) is 0 Å². The van der Waals surface area contributed by atoms with Crippen LogP contribution in [0.25, 0.3) is 0 Å². The zero-order valence-corrected chi connectivity index (χ0v) is 18.8. The van der Waals surface area contributed by atoms with Crippen LogP contribution in [0.1, 0.15) is 46.5 Å². The predicted octanol–water partition coefficient (Wildman–Crippen LogP) is 4.85. The maximum atomic E-state index is 4.00. The van der Waals surface area contributed by atoms with E-state index in [1.54, 1.807) is 12.8 Å². The zero-order chi connectivity index (χ0) is 17.1. The summed E-state index contributed by atoms with van der Waals surface area (Å²) in [5.41, 5.74) is 2.95. The Labute approximate surface area is 178 Å². The highest BCUT2D eigenvalue weighted by molar-refractivity contribution is 5.85. The van der Waals surface area contributed by atoms with Crippen LogP contribution in [0.15, 0.2) is 23.3 Å². The molecule has 0 aromatic carbocycles. The van der Waals surface area contributed by atoms with Crippen LogP contribution in [0.2, 0.25) is 0 Å². The molecule has 0 heterocycles. The lowest BCUT2D eigenvalue weighted by molar-refractivity contribution is 0.00991. The Kier molecular flexibility index (Phi) is 6.73. The minimum absolute atomic E-state index is 0. The van der Waals surface area contributed by atoms with E-state index in [9.17, 15) is 0 Å². The van der Waals surface area contributed by atoms with Crippen LogP contribution in [0.4, 0.5) is 0 Å². The molecular formula is C23H38Cl2N2. The van der Waals surface area contributed by atoms with Gasteiger partial charge in [-0.05, 0) is 93.8 Å². The van der Waals surface area contributed by atoms with Crippen molar-refractivity contribution in [2.45, 2.75) is 52.5 Å². The second-order valence-electron chi connectivity index (χ2n) is 9.99. The van der Waals surface area contributed by atoms with E-state index in [2.05, 4.69) is 43.6 Å². The van der Waals surface area contributed by atoms with Crippen molar-refractivity contribution in [1.29, 1.82) is 0 Å². The highest BCUT2D eigenvalue weighted by Gasteiger charge is 2.80. The molecule has 154 valence electrons. The van der Waals surface area contributed by atoms with Gasteiger partial charge in [0.25, 0.3) is 0 Å². The van der Waals surface area contributed by atoms with E-state index in [4.69, 9.17) is 0 Å². The number of nitrogens with one attached hydrogen (secondary N) is 2. The highest BCUT2D eigenvalue weighted by atomic mass is 35.5. The van der Waals surface area contributed by atoms with Crippen molar-refractivity contribution in [1.82, 2.24) is 10.6 Å². The van der Waals surface area contributed by atoms with Crippen LogP contribution < -0.4 is 10.6 Å². The normalized spacial score (nSPS) is 44.1. The maximum Gasteiger partial charge on any atom is 0.0137 e. The summed E-state index contributed by atoms with van der Waals surface area (Å²) in [6, 6.07) is 0.894. The molecule has 0 saturated heterocycles. The molecule has 5 aliphatic carbocycles. The molecule has 0 aliphatic heterocycles. The average Bonchev–Trinajstić information content (AvgIpc) is 3.10. The minimum Gasteiger partial charge on any atom is -0.312 e. The SMILES string of the molecule is CC(C)=CCC/C(C)=C/CNCCN[C@H]1[C@@H]2[C@H]3C[C@H]4[C@@H]2C[C@@H]2[C@@H]4[C@H]3[C@@H]21.Cl.Cl. The molecular weight excluding hydrogens is 375 g/mol. The molecule has 2 bridgehead atoms. The third-order valence-electron chi connectivity index (χ3n) is 8.69. The molecule has 0 unspecified atom stereocenters. The van der Waals surface area contributed by atoms with Gasteiger partial charge in [0, 0.05) is 25.7 Å². The summed E-state index contributed by atoms with van der Waals surface area (Å²) in [7, 11) is 0. The van der Waals surface area contributed by atoms with Crippen LogP contribution in [-0.2, 0) is 0 Å². The topological polar surface area (TPSA) is 24.1 Å². The molecule has 2 nitrogen and oxygen atoms in total. The first-order chi connectivity index (χ1) is 12.2. The number of fused-ring (bicyclic) bond motifs is 2. The summed E-state index contributed by atoms with van der Waals surface area (Å²) < 4.78 is 0. The van der Waals surface area contributed by atoms with Gasteiger partial charge >= 0.3 is 0 Å². The second-order valence-corrected chi connectivity index (χ2v) is 9.99. The third-order valence-corrected chi connectivity index (χ3v) is 8.69. The van der Waals surface area contributed by atoms with Gasteiger partial charge in [0.2, 0.25) is 0 Å². The quantitative estimate of drug-likeness (QED) is 0.417. The summed E-state index contributed by atoms with van der Waals surface area (Å²) in [5, 5.41) is 7.62. The van der Waals surface area contributed by atoms with Crippen molar-refractivity contribution in [3.8, 4) is 0 Å². The van der Waals surface area contributed by atoms with Crippen LogP contribution in [0, 0.1) is 47.3 Å². The van der Waals surface area contributed by atoms with Gasteiger partial charge in [-0.25, -0.2) is 0 Å². The molecule has 0 amide bonds. The first-order valence-electron chi connectivity index (χ1n) is 10.9. The van der Waals surface area contributed by atoms with Gasteiger partial charge in [-0.2, -0.15) is 0 Å². The van der Waals surface area contributed by atoms with Crippen molar-refractivity contribution in [3.05, 3.63) is 23.3 Å². The molecule has 0 aromatic heterocycles. The molecule has 5 aliphatic rings. The molecule has 5 rings (SSSR count). The summed E-state index contributed by atoms with van der Waals surface area (Å²) in [4.78, 5) is 0. The molecule has 0 radical (unpaired) electrons. The fourth-order valence-electron chi connectivity index (χ4n) is 8.11. The van der Waals surface area contributed by atoms with Crippen molar-refractivity contribution in [2.24, 2.45) is 47.3 Å². The lowest BCUT2D eigenvalue weighted by Crippen LogP contribution is -2.52. The molecule has 0 aromatic rings. The number of allylic oxidation sites excluding steroid dienone is 3. The molecule has 9 atom stereocenters. The monoisotopic (exact) mass is 412 g/mol. The van der Waals surface area contributed by atoms with Crippen LogP contribution >= 0.6 is 24.8 Å². The fraction of sp³-hybridized carbons (Fsp3) is 0.826. The molecule has 5 saturated carbocycles. The summed E-state index contributed by atoms with van der Waals surface area (Å²) in [5.74, 6) is 9.10. The fourth-order valence-corrected chi connectivity index (χ4v) is 8.11. The highest BCUT2D eigenvalue weighted by Crippen LogP contribution is 2.82. The van der Waals surface area contributed by atoms with E-state index in [0.717, 1.165) is 61.2 Å². The van der Waals surface area contributed by atoms with Crippen LogP contribution in [0.3, 0.4) is 0 Å². The minimum atomic E-state index is 0. The van der Waals surface area contributed by atoms with E-state index in [0.29, 0.717) is 0 Å². The second kappa shape index (κ2) is 8.38. The Balaban J connectivity index is 0.00000105. The lowest BCUT2D eigenvalue weighted by Gasteiger charge is -2.48. The Hall–Kier alpha value is -0.0200. The molecule has 27 heavy (non-hydrogen) atoms. The van der Waals surface area contributed by atoms with E-state index < -0.39 is 0 Å². The Bertz CT molecular complexity index is 591. The van der Waals surface area contributed by atoms with Gasteiger partial charge in [0.05, 0.1) is 0 Å². The third kappa shape index (κ3) is 3.33. The number of hydrogen-bond acceptors (Lipinski definition) is 2. The number of hydrogen-bond donors (Lipinski definition) is 2. The van der Waals surface area contributed by atoms with E-state index in [1.165, 1.54) is 35.8 Å². The van der Waals surface area contributed by atoms with E-state index >= 15 is 0 Å². The summed E-state index contributed by atoms with van der Waals surface area (Å²) in [6.45, 7) is 9.94. The van der Waals surface area contributed by atoms with Gasteiger partial charge in [-0.15, -0.1) is 24.8 Å². The predicted molar refractivity (Wildman–Crippen MR) is 119 cm³/mol. The first-order valence-corrected chi connectivity index (χ1v) is 10.9. The van der Waals surface area contributed by atoms with Crippen molar-refractivity contribution in [3.63, 3.8) is 0 Å². The zero-order valence-electron chi connectivity index (χ0n) is 17.1. The largest absolute Gasteiger partial charge is 0.312 e. The van der Waals surface area contributed by atoms with Gasteiger partial charge in [-0.3, -0.25) is 0 Å². The van der Waals surface area contributed by atoms with E-state index in [-0.39, 0.29) is 24.8 Å². The lowest BCUT2D eigenvalue weighted by atomic mass is 9.59. The summed E-state index contributed by atoms with van der Waals surface area (Å²) in [6.07, 6.45) is 10.3. The Morgan fingerprint density at radius 2 is 1.52 bits per heavy atom. The van der Waals surface area contributed by atoms with Gasteiger partial charge in [-0.1, -0.05) is 23.3 Å². The smallest absolute Gasteiger partial charge is 0.0137 e. The number of rotatable bonds is 9. The molecule has 0 spiro atoms. The molecule has 2 N–H and O–H groups in total. The summed E-state index contributed by atoms with van der Waals surface area (Å²) >= 11 is 0. The van der Waals surface area contributed by atoms with Gasteiger partial charge < -0.3 is 10.6 Å². The van der Waals surface area contributed by atoms with Crippen molar-refractivity contribution >= 4 is 24.8 Å². The van der Waals surface area contributed by atoms with Crippen molar-refractivity contribution < 1.29 is 0 Å². The van der Waals surface area contributed by atoms with Crippen molar-refractivity contribution in [2.75, 3.05) is 19.6 Å². The Morgan fingerprint density at radius 1 is 0.815 bits per heavy atom. The number of halogens is 2. The first kappa shape index (κ1) is 21.7. The van der Waals surface area contributed by atoms with Gasteiger partial charge in [0.15, 0.2) is 0 Å². The maximum absolute atomic E-state index is 4.00. The molecule has 4 heteroatoms. The Morgan fingerprint density at radius 3 is 2.26 bits per heavy atom. The average molecular weight is 413 g/mol. The van der Waals surface area contributed by atoms with Crippen LogP contribution in [-0.4, -0.2) is 25.7 Å². The van der Waals surface area contributed by atoms with E-state index in [1.807, 2.05) is 0 Å². The standard InChI is InChI=1S/C23H36N2.2ClH/c1-13(2)5-4-6-14(3)7-8-24-9-10-25-23-20-16-12-17-19-15(16)11-18(20)21(19)22(17)23;;/h5,7,15-25H,4,6,8-12H2,1-3H3;2*1H/b14-7+;;/t15-,16-,17+,18+,19+,20-,21-,22+,23-;;/m0../s1. The van der Waals surface area contributed by atoms with Gasteiger partial charge in [0.1, 0.15) is 0 Å². The molecule has 5 fully saturated rings.